The summed E-state index contributed by atoms with van der Waals surface area (Å²) in [7, 11) is 2.02. The van der Waals surface area contributed by atoms with Crippen LogP contribution in [0.5, 0.6) is 0 Å². The fourth-order valence-corrected chi connectivity index (χ4v) is 4.84. The summed E-state index contributed by atoms with van der Waals surface area (Å²) in [6.07, 6.45) is 3.42. The van der Waals surface area contributed by atoms with Gasteiger partial charge in [0, 0.05) is 31.0 Å². The zero-order valence-electron chi connectivity index (χ0n) is 18.6. The lowest BCUT2D eigenvalue weighted by molar-refractivity contribution is 0.340. The number of hydrazine groups is 1. The molecule has 1 aromatic heterocycles. The van der Waals surface area contributed by atoms with Crippen LogP contribution in [0.1, 0.15) is 41.8 Å². The smallest absolute Gasteiger partial charge is 0.0918 e. The largest absolute Gasteiger partial charge is 0.378 e. The van der Waals surface area contributed by atoms with Crippen LogP contribution in [-0.4, -0.2) is 33.1 Å². The van der Waals surface area contributed by atoms with Crippen molar-refractivity contribution in [1.82, 2.24) is 25.4 Å². The maximum absolute atomic E-state index is 9.27. The fourth-order valence-electron chi connectivity index (χ4n) is 4.84. The highest BCUT2D eigenvalue weighted by Crippen LogP contribution is 2.39. The van der Waals surface area contributed by atoms with E-state index < -0.39 is 0 Å². The molecule has 3 aromatic rings. The first-order valence-corrected chi connectivity index (χ1v) is 11.0. The first-order valence-electron chi connectivity index (χ1n) is 11.0. The van der Waals surface area contributed by atoms with Gasteiger partial charge in [-0.1, -0.05) is 35.5 Å². The average Bonchev–Trinajstić information content (AvgIpc) is 3.27. The molecule has 2 atom stereocenters. The molecule has 162 valence electrons. The molecular weight excluding hydrogens is 398 g/mol. The van der Waals surface area contributed by atoms with Gasteiger partial charge in [0.25, 0.3) is 0 Å². The van der Waals surface area contributed by atoms with E-state index >= 15 is 0 Å². The van der Waals surface area contributed by atoms with Crippen LogP contribution >= 0.6 is 0 Å². The molecule has 0 radical (unpaired) electrons. The van der Waals surface area contributed by atoms with Crippen LogP contribution in [0.2, 0.25) is 0 Å². The molecule has 7 heteroatoms. The Morgan fingerprint density at radius 3 is 2.88 bits per heavy atom. The molecule has 32 heavy (non-hydrogen) atoms. The first-order chi connectivity index (χ1) is 15.5. The molecule has 0 amide bonds. The van der Waals surface area contributed by atoms with Crippen LogP contribution in [-0.2, 0) is 13.0 Å². The van der Waals surface area contributed by atoms with Crippen molar-refractivity contribution in [1.29, 1.82) is 5.26 Å². The van der Waals surface area contributed by atoms with Gasteiger partial charge >= 0.3 is 0 Å². The number of aryl methyl sites for hydroxylation is 2. The summed E-state index contributed by atoms with van der Waals surface area (Å²) in [6.45, 7) is 4.98. The van der Waals surface area contributed by atoms with Crippen molar-refractivity contribution in [2.75, 3.05) is 12.4 Å². The second kappa shape index (κ2) is 8.13. The van der Waals surface area contributed by atoms with E-state index in [1.807, 2.05) is 41.9 Å². The topological polar surface area (TPSA) is 81.8 Å². The number of rotatable bonds is 4. The van der Waals surface area contributed by atoms with Crippen molar-refractivity contribution < 1.29 is 0 Å². The Kier molecular flexibility index (Phi) is 5.16. The third kappa shape index (κ3) is 3.53. The molecule has 2 aromatic carbocycles. The van der Waals surface area contributed by atoms with E-state index in [9.17, 15) is 5.26 Å². The maximum Gasteiger partial charge on any atom is 0.0918 e. The number of benzene rings is 2. The van der Waals surface area contributed by atoms with Gasteiger partial charge in [0.1, 0.15) is 0 Å². The number of hydrogen-bond acceptors (Lipinski definition) is 6. The minimum absolute atomic E-state index is 0.0916. The molecule has 2 unspecified atom stereocenters. The molecule has 0 bridgehead atoms. The Morgan fingerprint density at radius 1 is 1.25 bits per heavy atom. The van der Waals surface area contributed by atoms with Gasteiger partial charge < -0.3 is 10.3 Å². The lowest BCUT2D eigenvalue weighted by atomic mass is 9.91. The molecule has 3 heterocycles. The predicted octanol–water partition coefficient (Wildman–Crippen LogP) is 4.06. The van der Waals surface area contributed by atoms with Gasteiger partial charge in [0.2, 0.25) is 0 Å². The Labute approximate surface area is 188 Å². The van der Waals surface area contributed by atoms with Gasteiger partial charge in [-0.15, -0.1) is 5.10 Å². The Morgan fingerprint density at radius 2 is 2.09 bits per heavy atom. The van der Waals surface area contributed by atoms with E-state index in [1.165, 1.54) is 16.7 Å². The number of nitriles is 1. The van der Waals surface area contributed by atoms with Gasteiger partial charge in [-0.2, -0.15) is 5.26 Å². The van der Waals surface area contributed by atoms with Crippen molar-refractivity contribution in [2.45, 2.75) is 45.3 Å². The molecule has 0 fully saturated rings. The predicted molar refractivity (Wildman–Crippen MR) is 125 cm³/mol. The zero-order chi connectivity index (χ0) is 22.2. The van der Waals surface area contributed by atoms with Crippen molar-refractivity contribution >= 4 is 11.3 Å². The lowest BCUT2D eigenvalue weighted by Crippen LogP contribution is -2.30. The highest BCUT2D eigenvalue weighted by Gasteiger charge is 2.27. The van der Waals surface area contributed by atoms with E-state index in [2.05, 4.69) is 64.5 Å². The highest BCUT2D eigenvalue weighted by atomic mass is 15.5. The number of fused-ring (bicyclic) bond motifs is 3. The summed E-state index contributed by atoms with van der Waals surface area (Å²) in [5.41, 5.74) is 12.4. The molecule has 2 N–H and O–H groups in total. The van der Waals surface area contributed by atoms with Gasteiger partial charge in [-0.25, -0.2) is 10.1 Å². The van der Waals surface area contributed by atoms with Crippen molar-refractivity contribution in [3.05, 3.63) is 71.0 Å². The molecule has 7 nitrogen and oxygen atoms in total. The number of nitrogens with zero attached hydrogens (tertiary/aromatic N) is 5. The monoisotopic (exact) mass is 425 g/mol. The molecule has 5 rings (SSSR count). The standard InChI is InChI=1S/C25H27N7/c1-16-22(15-31(3)29-16)19-8-9-20-21(14-19)24(11-13-32-25(20)17(2)28-30-32)27-23-7-5-4-6-18(23)10-12-26/h4-9,14-16,24,27,29H,10-11,13H2,1-3H3. The van der Waals surface area contributed by atoms with Gasteiger partial charge in [0.15, 0.2) is 0 Å². The van der Waals surface area contributed by atoms with E-state index in [4.69, 9.17) is 0 Å². The Hall–Kier alpha value is -3.63. The minimum atomic E-state index is 0.0916. The van der Waals surface area contributed by atoms with Crippen LogP contribution in [0.3, 0.4) is 0 Å². The van der Waals surface area contributed by atoms with Crippen LogP contribution in [0.25, 0.3) is 16.8 Å². The summed E-state index contributed by atoms with van der Waals surface area (Å²) in [5, 5.41) is 23.8. The van der Waals surface area contributed by atoms with Gasteiger partial charge in [-0.3, -0.25) is 0 Å². The normalized spacial score (nSPS) is 19.6. The zero-order valence-corrected chi connectivity index (χ0v) is 18.6. The summed E-state index contributed by atoms with van der Waals surface area (Å²) in [6, 6.07) is 17.4. The summed E-state index contributed by atoms with van der Waals surface area (Å²) in [5.74, 6) is 0. The number of para-hydroxylation sites is 1. The summed E-state index contributed by atoms with van der Waals surface area (Å²) in [4.78, 5) is 0. The van der Waals surface area contributed by atoms with Crippen molar-refractivity contribution in [2.24, 2.45) is 0 Å². The number of anilines is 1. The SMILES string of the molecule is Cc1nnn2c1-c1ccc(C3=CN(C)NC3C)cc1C(Nc1ccccc1CC#N)CC2. The van der Waals surface area contributed by atoms with Crippen LogP contribution < -0.4 is 10.7 Å². The third-order valence-corrected chi connectivity index (χ3v) is 6.36. The number of nitrogens with one attached hydrogen (secondary N) is 2. The Bertz CT molecular complexity index is 1230. The number of aromatic nitrogens is 3. The average molecular weight is 426 g/mol. The van der Waals surface area contributed by atoms with Crippen LogP contribution in [0.15, 0.2) is 48.7 Å². The molecule has 2 aliphatic heterocycles. The third-order valence-electron chi connectivity index (χ3n) is 6.36. The molecule has 2 aliphatic rings. The summed E-state index contributed by atoms with van der Waals surface area (Å²) < 4.78 is 2.02. The second-order valence-corrected chi connectivity index (χ2v) is 8.57. The molecule has 0 spiro atoms. The molecule has 0 saturated heterocycles. The molecule has 0 aliphatic carbocycles. The molecule has 0 saturated carbocycles. The lowest BCUT2D eigenvalue weighted by Gasteiger charge is -2.23. The minimum Gasteiger partial charge on any atom is -0.378 e. The second-order valence-electron chi connectivity index (χ2n) is 8.57. The van der Waals surface area contributed by atoms with Crippen LogP contribution in [0, 0.1) is 18.3 Å². The van der Waals surface area contributed by atoms with Gasteiger partial charge in [0.05, 0.1) is 36.0 Å². The van der Waals surface area contributed by atoms with E-state index in [-0.39, 0.29) is 12.1 Å². The van der Waals surface area contributed by atoms with E-state index in [0.717, 1.165) is 41.2 Å². The van der Waals surface area contributed by atoms with E-state index in [0.29, 0.717) is 6.42 Å². The van der Waals surface area contributed by atoms with Crippen LogP contribution in [0.4, 0.5) is 5.69 Å². The first kappa shape index (κ1) is 20.3. The van der Waals surface area contributed by atoms with Gasteiger partial charge in [-0.05, 0) is 54.7 Å². The van der Waals surface area contributed by atoms with Crippen molar-refractivity contribution in [3.8, 4) is 17.3 Å². The van der Waals surface area contributed by atoms with E-state index in [1.54, 1.807) is 0 Å². The highest BCUT2D eigenvalue weighted by molar-refractivity contribution is 5.76. The number of hydrogen-bond donors (Lipinski definition) is 2. The fraction of sp³-hybridized carbons (Fsp3) is 0.320. The quantitative estimate of drug-likeness (QED) is 0.656. The Balaban J connectivity index is 1.61. The molecular formula is C25H27N7. The maximum atomic E-state index is 9.27. The summed E-state index contributed by atoms with van der Waals surface area (Å²) >= 11 is 0. The van der Waals surface area contributed by atoms with Crippen molar-refractivity contribution in [3.63, 3.8) is 0 Å².